The maximum absolute atomic E-state index is 12.7. The molecule has 51 heavy (non-hydrogen) atoms. The summed E-state index contributed by atoms with van der Waals surface area (Å²) >= 11 is 0. The molecule has 1 fully saturated rings. The van der Waals surface area contributed by atoms with E-state index in [0.29, 0.717) is 13.0 Å². The zero-order valence-corrected chi connectivity index (χ0v) is 31.8. The number of carbonyl (C=O) groups is 1. The third kappa shape index (κ3) is 25.5. The number of esters is 1. The Morgan fingerprint density at radius 3 is 1.80 bits per heavy atom. The molecule has 9 heteroatoms. The standard InChI is InChI=1S/C42H72O9/c1-3-5-7-9-11-13-15-17-18-20-22-24-26-28-30-32-48-34-36(35-49-42-41(47)40(46)39(45)37(33-43)51-42)50-38(44)31-29-27-25-23-21-19-16-14-12-10-8-6-4-2/h6,8,12,14-15,17,19,21,25,27,36-37,39-43,45-47H,3-5,7,9-11,13,16,18,20,22-24,26,28-35H2,1-2H3/b8-6-,14-12-,17-15-,21-19-,27-25-. The predicted octanol–water partition coefficient (Wildman–Crippen LogP) is 7.96. The van der Waals surface area contributed by atoms with Gasteiger partial charge >= 0.3 is 5.97 Å². The van der Waals surface area contributed by atoms with Gasteiger partial charge in [-0.25, -0.2) is 0 Å². The van der Waals surface area contributed by atoms with Crippen molar-refractivity contribution in [2.24, 2.45) is 0 Å². The van der Waals surface area contributed by atoms with Crippen molar-refractivity contribution in [3.63, 3.8) is 0 Å². The van der Waals surface area contributed by atoms with Crippen molar-refractivity contribution in [2.45, 2.75) is 173 Å². The summed E-state index contributed by atoms with van der Waals surface area (Å²) in [5.74, 6) is -0.398. The van der Waals surface area contributed by atoms with Crippen molar-refractivity contribution in [3.05, 3.63) is 60.8 Å². The molecule has 0 spiro atoms. The lowest BCUT2D eigenvalue weighted by atomic mass is 9.99. The number of aliphatic hydroxyl groups is 4. The molecule has 6 atom stereocenters. The van der Waals surface area contributed by atoms with E-state index in [1.54, 1.807) is 0 Å². The van der Waals surface area contributed by atoms with Crippen LogP contribution in [0.3, 0.4) is 0 Å². The summed E-state index contributed by atoms with van der Waals surface area (Å²) in [6, 6.07) is 0. The van der Waals surface area contributed by atoms with E-state index in [1.807, 2.05) is 12.2 Å². The fourth-order valence-electron chi connectivity index (χ4n) is 5.56. The monoisotopic (exact) mass is 721 g/mol. The zero-order chi connectivity index (χ0) is 37.2. The molecule has 0 aromatic rings. The fraction of sp³-hybridized carbons (Fsp3) is 0.738. The Bertz CT molecular complexity index is 958. The number of hydrogen-bond donors (Lipinski definition) is 4. The van der Waals surface area contributed by atoms with Crippen LogP contribution >= 0.6 is 0 Å². The summed E-state index contributed by atoms with van der Waals surface area (Å²) in [7, 11) is 0. The van der Waals surface area contributed by atoms with E-state index < -0.39 is 49.4 Å². The molecule has 0 amide bonds. The topological polar surface area (TPSA) is 135 Å². The molecule has 1 heterocycles. The second kappa shape index (κ2) is 33.7. The van der Waals surface area contributed by atoms with Crippen LogP contribution in [-0.2, 0) is 23.7 Å². The summed E-state index contributed by atoms with van der Waals surface area (Å²) in [5.41, 5.74) is 0. The molecular formula is C42H72O9. The molecule has 0 radical (unpaired) electrons. The Morgan fingerprint density at radius 1 is 0.647 bits per heavy atom. The SMILES string of the molecule is CC/C=C\C/C=C\C/C=C\C/C=C\CCC(=O)OC(COCCCCCCCC/C=C\CCCCCCC)COC1OC(CO)C(O)C(O)C1O. The van der Waals surface area contributed by atoms with Crippen molar-refractivity contribution >= 4 is 5.97 Å². The first kappa shape index (κ1) is 46.9. The normalized spacial score (nSPS) is 22.0. The summed E-state index contributed by atoms with van der Waals surface area (Å²) in [6.45, 7) is 4.30. The molecular weight excluding hydrogens is 648 g/mol. The van der Waals surface area contributed by atoms with Crippen molar-refractivity contribution < 1.29 is 44.2 Å². The van der Waals surface area contributed by atoms with Crippen LogP contribution in [0.4, 0.5) is 0 Å². The van der Waals surface area contributed by atoms with E-state index in [-0.39, 0.29) is 19.6 Å². The molecule has 0 saturated carbocycles. The second-order valence-corrected chi connectivity index (χ2v) is 13.3. The number of rotatable bonds is 32. The molecule has 0 bridgehead atoms. The van der Waals surface area contributed by atoms with Gasteiger partial charge in [0, 0.05) is 13.0 Å². The highest BCUT2D eigenvalue weighted by Gasteiger charge is 2.44. The van der Waals surface area contributed by atoms with Gasteiger partial charge in [0.25, 0.3) is 0 Å². The van der Waals surface area contributed by atoms with Crippen molar-refractivity contribution in [1.29, 1.82) is 0 Å². The molecule has 9 nitrogen and oxygen atoms in total. The van der Waals surface area contributed by atoms with E-state index in [2.05, 4.69) is 62.5 Å². The van der Waals surface area contributed by atoms with E-state index in [4.69, 9.17) is 18.9 Å². The number of carbonyl (C=O) groups excluding carboxylic acids is 1. The Kier molecular flexibility index (Phi) is 31.0. The highest BCUT2D eigenvalue weighted by molar-refractivity contribution is 5.69. The lowest BCUT2D eigenvalue weighted by Gasteiger charge is -2.39. The zero-order valence-electron chi connectivity index (χ0n) is 31.8. The van der Waals surface area contributed by atoms with Crippen molar-refractivity contribution in [1.82, 2.24) is 0 Å². The number of allylic oxidation sites excluding steroid dienone is 10. The first-order valence-corrected chi connectivity index (χ1v) is 19.9. The van der Waals surface area contributed by atoms with E-state index in [0.717, 1.165) is 51.4 Å². The van der Waals surface area contributed by atoms with Crippen LogP contribution in [0.25, 0.3) is 0 Å². The third-order valence-electron chi connectivity index (χ3n) is 8.68. The molecule has 6 unspecified atom stereocenters. The maximum Gasteiger partial charge on any atom is 0.306 e. The van der Waals surface area contributed by atoms with E-state index in [9.17, 15) is 25.2 Å². The van der Waals surface area contributed by atoms with Crippen LogP contribution in [0.2, 0.25) is 0 Å². The predicted molar refractivity (Wildman–Crippen MR) is 205 cm³/mol. The fourth-order valence-corrected chi connectivity index (χ4v) is 5.56. The molecule has 1 aliphatic heterocycles. The van der Waals surface area contributed by atoms with Crippen molar-refractivity contribution in [2.75, 3.05) is 26.4 Å². The van der Waals surface area contributed by atoms with Crippen LogP contribution in [0.1, 0.15) is 136 Å². The molecule has 4 N–H and O–H groups in total. The van der Waals surface area contributed by atoms with Gasteiger partial charge in [-0.05, 0) is 64.2 Å². The minimum atomic E-state index is -1.55. The van der Waals surface area contributed by atoms with Gasteiger partial charge in [0.1, 0.15) is 30.5 Å². The molecule has 1 saturated heterocycles. The summed E-state index contributed by atoms with van der Waals surface area (Å²) in [5, 5.41) is 39.9. The lowest BCUT2D eigenvalue weighted by Crippen LogP contribution is -2.59. The number of aliphatic hydroxyl groups excluding tert-OH is 4. The molecule has 1 aliphatic rings. The van der Waals surface area contributed by atoms with Gasteiger partial charge in [-0.2, -0.15) is 0 Å². The number of unbranched alkanes of at least 4 members (excludes halogenated alkanes) is 11. The van der Waals surface area contributed by atoms with Crippen LogP contribution in [-0.4, -0.2) is 89.6 Å². The van der Waals surface area contributed by atoms with Crippen LogP contribution < -0.4 is 0 Å². The largest absolute Gasteiger partial charge is 0.457 e. The highest BCUT2D eigenvalue weighted by Crippen LogP contribution is 2.22. The number of hydrogen-bond acceptors (Lipinski definition) is 9. The Labute approximate surface area is 309 Å². The van der Waals surface area contributed by atoms with E-state index >= 15 is 0 Å². The number of ether oxygens (including phenoxy) is 4. The van der Waals surface area contributed by atoms with Gasteiger partial charge in [-0.1, -0.05) is 126 Å². The average molecular weight is 721 g/mol. The Hall–Kier alpha value is -2.11. The minimum absolute atomic E-state index is 0.109. The molecule has 294 valence electrons. The summed E-state index contributed by atoms with van der Waals surface area (Å²) < 4.78 is 22.6. The molecule has 0 aromatic carbocycles. The Balaban J connectivity index is 2.37. The molecule has 0 aliphatic carbocycles. The highest BCUT2D eigenvalue weighted by atomic mass is 16.7. The van der Waals surface area contributed by atoms with Gasteiger partial charge in [0.15, 0.2) is 6.29 Å². The lowest BCUT2D eigenvalue weighted by molar-refractivity contribution is -0.305. The average Bonchev–Trinajstić information content (AvgIpc) is 3.13. The summed E-state index contributed by atoms with van der Waals surface area (Å²) in [6.07, 6.45) is 34.0. The van der Waals surface area contributed by atoms with Gasteiger partial charge in [-0.15, -0.1) is 0 Å². The first-order valence-electron chi connectivity index (χ1n) is 19.9. The minimum Gasteiger partial charge on any atom is -0.457 e. The molecule has 1 rings (SSSR count). The van der Waals surface area contributed by atoms with Gasteiger partial charge in [0.05, 0.1) is 19.8 Å². The van der Waals surface area contributed by atoms with Crippen LogP contribution in [0, 0.1) is 0 Å². The summed E-state index contributed by atoms with van der Waals surface area (Å²) in [4.78, 5) is 12.7. The van der Waals surface area contributed by atoms with Crippen molar-refractivity contribution in [3.8, 4) is 0 Å². The van der Waals surface area contributed by atoms with Crippen LogP contribution in [0.15, 0.2) is 60.8 Å². The molecule has 0 aromatic heterocycles. The first-order chi connectivity index (χ1) is 24.9. The van der Waals surface area contributed by atoms with E-state index in [1.165, 1.54) is 57.8 Å². The van der Waals surface area contributed by atoms with Gasteiger partial charge < -0.3 is 39.4 Å². The van der Waals surface area contributed by atoms with Gasteiger partial charge in [-0.3, -0.25) is 4.79 Å². The van der Waals surface area contributed by atoms with Gasteiger partial charge in [0.2, 0.25) is 0 Å². The smallest absolute Gasteiger partial charge is 0.306 e. The maximum atomic E-state index is 12.7. The Morgan fingerprint density at radius 2 is 1.20 bits per heavy atom. The third-order valence-corrected chi connectivity index (χ3v) is 8.68. The quantitative estimate of drug-likeness (QED) is 0.0310. The van der Waals surface area contributed by atoms with Crippen LogP contribution in [0.5, 0.6) is 0 Å². The second-order valence-electron chi connectivity index (χ2n) is 13.3.